The Morgan fingerprint density at radius 3 is 2.48 bits per heavy atom. The minimum atomic E-state index is -0.371. The van der Waals surface area contributed by atoms with Crippen molar-refractivity contribution in [3.05, 3.63) is 58.9 Å². The maximum atomic E-state index is 12.6. The number of rotatable bonds is 3. The second kappa shape index (κ2) is 6.18. The molecule has 1 aromatic carbocycles. The second-order valence-corrected chi connectivity index (χ2v) is 8.45. The summed E-state index contributed by atoms with van der Waals surface area (Å²) >= 11 is 0. The summed E-state index contributed by atoms with van der Waals surface area (Å²) in [6.07, 6.45) is 1.67. The first-order chi connectivity index (χ1) is 12.7. The Hall–Kier alpha value is -2.18. The molecule has 0 spiro atoms. The van der Waals surface area contributed by atoms with E-state index >= 15 is 0 Å². The molecule has 2 aliphatic rings. The number of benzene rings is 1. The van der Waals surface area contributed by atoms with Gasteiger partial charge in [0.25, 0.3) is 5.91 Å². The molecule has 140 valence electrons. The summed E-state index contributed by atoms with van der Waals surface area (Å²) < 4.78 is 12.3. The van der Waals surface area contributed by atoms with Crippen LogP contribution >= 0.6 is 0 Å². The molecule has 0 unspecified atom stereocenters. The fraction of sp³-hybridized carbons (Fsp3) is 0.429. The molecule has 1 amide bonds. The van der Waals surface area contributed by atoms with Gasteiger partial charge in [0, 0.05) is 24.8 Å². The Bertz CT molecular complexity index is 894. The number of fused-ring (bicyclic) bond motifs is 1. The molecule has 0 saturated carbocycles. The van der Waals surface area contributed by atoms with Crippen molar-refractivity contribution >= 4 is 18.5 Å². The van der Waals surface area contributed by atoms with Crippen molar-refractivity contribution in [2.24, 2.45) is 0 Å². The van der Waals surface area contributed by atoms with Crippen LogP contribution in [0.5, 0.6) is 0 Å². The Kier molecular flexibility index (Phi) is 4.16. The number of aryl methyl sites for hydroxylation is 1. The molecule has 0 atom stereocenters. The molecular formula is C21H25BN2O3. The van der Waals surface area contributed by atoms with E-state index < -0.39 is 0 Å². The highest BCUT2D eigenvalue weighted by molar-refractivity contribution is 6.62. The zero-order chi connectivity index (χ0) is 19.4. The van der Waals surface area contributed by atoms with E-state index in [1.54, 1.807) is 6.20 Å². The van der Waals surface area contributed by atoms with Crippen molar-refractivity contribution in [1.82, 2.24) is 9.88 Å². The SMILES string of the molecule is Cc1cc(B2OC(C)(C)C(C)(C)O2)ccc1CN1Cc2cccnc2C1=O. The highest BCUT2D eigenvalue weighted by Crippen LogP contribution is 2.36. The van der Waals surface area contributed by atoms with E-state index in [0.717, 1.165) is 22.2 Å². The van der Waals surface area contributed by atoms with E-state index in [1.165, 1.54) is 0 Å². The number of carbonyl (C=O) groups is 1. The van der Waals surface area contributed by atoms with Crippen molar-refractivity contribution in [2.45, 2.75) is 58.9 Å². The van der Waals surface area contributed by atoms with Crippen LogP contribution in [0.15, 0.2) is 36.5 Å². The molecule has 4 rings (SSSR count). The van der Waals surface area contributed by atoms with Gasteiger partial charge in [-0.05, 0) is 57.3 Å². The summed E-state index contributed by atoms with van der Waals surface area (Å²) in [5.74, 6) is 0.0000327. The van der Waals surface area contributed by atoms with Gasteiger partial charge in [-0.25, -0.2) is 0 Å². The molecule has 27 heavy (non-hydrogen) atoms. The van der Waals surface area contributed by atoms with Crippen LogP contribution in [0.3, 0.4) is 0 Å². The highest BCUT2D eigenvalue weighted by atomic mass is 16.7. The van der Waals surface area contributed by atoms with Gasteiger partial charge in [0.1, 0.15) is 5.69 Å². The smallest absolute Gasteiger partial charge is 0.399 e. The number of carbonyl (C=O) groups excluding carboxylic acids is 1. The standard InChI is InChI=1S/C21H25BN2O3/c1-14-11-17(22-26-20(2,3)21(4,5)27-22)9-8-15(14)12-24-13-16-7-6-10-23-18(16)19(24)25/h6-11H,12-13H2,1-5H3. The Labute approximate surface area is 160 Å². The minimum Gasteiger partial charge on any atom is -0.399 e. The highest BCUT2D eigenvalue weighted by Gasteiger charge is 2.51. The normalized spacial score (nSPS) is 20.3. The van der Waals surface area contributed by atoms with E-state index in [1.807, 2.05) is 23.1 Å². The van der Waals surface area contributed by atoms with Gasteiger partial charge in [-0.3, -0.25) is 9.78 Å². The van der Waals surface area contributed by atoms with Crippen LogP contribution in [-0.4, -0.2) is 34.1 Å². The van der Waals surface area contributed by atoms with Gasteiger partial charge in [-0.15, -0.1) is 0 Å². The molecule has 3 heterocycles. The lowest BCUT2D eigenvalue weighted by molar-refractivity contribution is 0.00578. The van der Waals surface area contributed by atoms with Crippen molar-refractivity contribution in [1.29, 1.82) is 0 Å². The lowest BCUT2D eigenvalue weighted by atomic mass is 9.78. The molecule has 2 aliphatic heterocycles. The molecule has 0 N–H and O–H groups in total. The number of hydrogen-bond donors (Lipinski definition) is 0. The quantitative estimate of drug-likeness (QED) is 0.786. The summed E-state index contributed by atoms with van der Waals surface area (Å²) in [5.41, 5.74) is 4.11. The first-order valence-corrected chi connectivity index (χ1v) is 9.36. The maximum absolute atomic E-state index is 12.6. The molecule has 5 nitrogen and oxygen atoms in total. The fourth-order valence-electron chi connectivity index (χ4n) is 3.54. The zero-order valence-electron chi connectivity index (χ0n) is 16.6. The third-order valence-corrected chi connectivity index (χ3v) is 6.00. The first-order valence-electron chi connectivity index (χ1n) is 9.36. The van der Waals surface area contributed by atoms with Crippen molar-refractivity contribution in [3.8, 4) is 0 Å². The lowest BCUT2D eigenvalue weighted by Gasteiger charge is -2.32. The molecule has 0 aliphatic carbocycles. The Morgan fingerprint density at radius 2 is 1.85 bits per heavy atom. The molecule has 6 heteroatoms. The predicted molar refractivity (Wildman–Crippen MR) is 105 cm³/mol. The van der Waals surface area contributed by atoms with Crippen LogP contribution in [0.2, 0.25) is 0 Å². The third kappa shape index (κ3) is 3.07. The Morgan fingerprint density at radius 1 is 1.15 bits per heavy atom. The van der Waals surface area contributed by atoms with E-state index in [9.17, 15) is 4.79 Å². The number of aromatic nitrogens is 1. The lowest BCUT2D eigenvalue weighted by Crippen LogP contribution is -2.41. The molecule has 0 bridgehead atoms. The van der Waals surface area contributed by atoms with Crippen LogP contribution in [-0.2, 0) is 22.4 Å². The van der Waals surface area contributed by atoms with Gasteiger partial charge in [0.05, 0.1) is 11.2 Å². The first kappa shape index (κ1) is 18.2. The van der Waals surface area contributed by atoms with Crippen molar-refractivity contribution < 1.29 is 14.1 Å². The van der Waals surface area contributed by atoms with E-state index in [0.29, 0.717) is 18.8 Å². The van der Waals surface area contributed by atoms with Gasteiger partial charge in [0.2, 0.25) is 0 Å². The maximum Gasteiger partial charge on any atom is 0.494 e. The third-order valence-electron chi connectivity index (χ3n) is 6.00. The molecule has 1 aromatic heterocycles. The van der Waals surface area contributed by atoms with Crippen molar-refractivity contribution in [3.63, 3.8) is 0 Å². The van der Waals surface area contributed by atoms with Crippen LogP contribution in [0.25, 0.3) is 0 Å². The fourth-order valence-corrected chi connectivity index (χ4v) is 3.54. The van der Waals surface area contributed by atoms with Crippen LogP contribution < -0.4 is 5.46 Å². The summed E-state index contributed by atoms with van der Waals surface area (Å²) in [7, 11) is -0.371. The number of amides is 1. The van der Waals surface area contributed by atoms with Gasteiger partial charge in [0.15, 0.2) is 0 Å². The number of pyridine rings is 1. The predicted octanol–water partition coefficient (Wildman–Crippen LogP) is 2.85. The minimum absolute atomic E-state index is 0.0000327. The van der Waals surface area contributed by atoms with E-state index in [-0.39, 0.29) is 24.2 Å². The van der Waals surface area contributed by atoms with E-state index in [4.69, 9.17) is 9.31 Å². The van der Waals surface area contributed by atoms with Crippen LogP contribution in [0.1, 0.15) is 54.9 Å². The van der Waals surface area contributed by atoms with Crippen LogP contribution in [0.4, 0.5) is 0 Å². The molecular weight excluding hydrogens is 339 g/mol. The number of nitrogens with zero attached hydrogens (tertiary/aromatic N) is 2. The zero-order valence-corrected chi connectivity index (χ0v) is 16.6. The van der Waals surface area contributed by atoms with Crippen LogP contribution in [0, 0.1) is 6.92 Å². The van der Waals surface area contributed by atoms with Gasteiger partial charge in [-0.1, -0.05) is 24.3 Å². The Balaban J connectivity index is 1.52. The summed E-state index contributed by atoms with van der Waals surface area (Å²) in [6, 6.07) is 10.0. The summed E-state index contributed by atoms with van der Waals surface area (Å²) in [4.78, 5) is 18.6. The largest absolute Gasteiger partial charge is 0.494 e. The van der Waals surface area contributed by atoms with E-state index in [2.05, 4.69) is 51.7 Å². The molecule has 1 saturated heterocycles. The molecule has 2 aromatic rings. The number of hydrogen-bond acceptors (Lipinski definition) is 4. The summed E-state index contributed by atoms with van der Waals surface area (Å²) in [5, 5.41) is 0. The topological polar surface area (TPSA) is 51.7 Å². The average molecular weight is 364 g/mol. The van der Waals surface area contributed by atoms with Gasteiger partial charge < -0.3 is 14.2 Å². The molecule has 0 radical (unpaired) electrons. The average Bonchev–Trinajstić information content (AvgIpc) is 3.03. The molecule has 1 fully saturated rings. The van der Waals surface area contributed by atoms with Gasteiger partial charge >= 0.3 is 7.12 Å². The second-order valence-electron chi connectivity index (χ2n) is 8.45. The van der Waals surface area contributed by atoms with Gasteiger partial charge in [-0.2, -0.15) is 0 Å². The summed E-state index contributed by atoms with van der Waals surface area (Å²) in [6.45, 7) is 11.5. The monoisotopic (exact) mass is 364 g/mol. The van der Waals surface area contributed by atoms with Crippen molar-refractivity contribution in [2.75, 3.05) is 0 Å².